The van der Waals surface area contributed by atoms with Gasteiger partial charge in [-0.2, -0.15) is 4.72 Å². The number of sulfonamides is 1. The molecular formula is C26H30N4O3S. The van der Waals surface area contributed by atoms with E-state index in [0.29, 0.717) is 37.7 Å². The zero-order valence-corrected chi connectivity index (χ0v) is 20.1. The Kier molecular flexibility index (Phi) is 7.70. The van der Waals surface area contributed by atoms with Gasteiger partial charge in [-0.05, 0) is 66.6 Å². The summed E-state index contributed by atoms with van der Waals surface area (Å²) in [6.07, 6.45) is 5.96. The standard InChI is InChI=1S/C26H30N4O3S/c1-20-13-17-30(18-14-20)26(31)24(9-6-16-28-25-10-4-5-15-27-25)29-34(32,33)23-12-11-21-7-2-3-8-22(21)19-23/h2-5,7-8,10-12,15-16,19-20,24,29H,6,9,13-14,17-18H2,1H3/b28-16+/t24-/m0/s1. The van der Waals surface area contributed by atoms with Gasteiger partial charge in [0, 0.05) is 25.5 Å². The molecule has 1 aliphatic rings. The molecule has 1 saturated heterocycles. The lowest BCUT2D eigenvalue weighted by Gasteiger charge is -2.33. The summed E-state index contributed by atoms with van der Waals surface area (Å²) in [4.78, 5) is 23.7. The van der Waals surface area contributed by atoms with Crippen LogP contribution in [0.4, 0.5) is 5.82 Å². The number of rotatable bonds is 8. The minimum Gasteiger partial charge on any atom is -0.341 e. The third-order valence-electron chi connectivity index (χ3n) is 6.18. The van der Waals surface area contributed by atoms with Crippen molar-refractivity contribution in [2.45, 2.75) is 43.5 Å². The number of fused-ring (bicyclic) bond motifs is 1. The van der Waals surface area contributed by atoms with Crippen molar-refractivity contribution in [2.24, 2.45) is 10.9 Å². The predicted molar refractivity (Wildman–Crippen MR) is 135 cm³/mol. The van der Waals surface area contributed by atoms with Crippen molar-refractivity contribution in [3.8, 4) is 0 Å². The van der Waals surface area contributed by atoms with Gasteiger partial charge in [0.25, 0.3) is 0 Å². The van der Waals surface area contributed by atoms with E-state index in [2.05, 4.69) is 21.6 Å². The number of aromatic nitrogens is 1. The van der Waals surface area contributed by atoms with Gasteiger partial charge < -0.3 is 4.90 Å². The molecule has 1 fully saturated rings. The Hall–Kier alpha value is -3.10. The molecule has 4 rings (SSSR count). The maximum absolute atomic E-state index is 13.3. The zero-order valence-electron chi connectivity index (χ0n) is 19.3. The van der Waals surface area contributed by atoms with Gasteiger partial charge >= 0.3 is 0 Å². The van der Waals surface area contributed by atoms with E-state index in [1.807, 2.05) is 36.4 Å². The molecule has 7 nitrogen and oxygen atoms in total. The smallest absolute Gasteiger partial charge is 0.241 e. The highest BCUT2D eigenvalue weighted by atomic mass is 32.2. The van der Waals surface area contributed by atoms with Crippen molar-refractivity contribution in [3.63, 3.8) is 0 Å². The van der Waals surface area contributed by atoms with E-state index in [1.165, 1.54) is 0 Å². The van der Waals surface area contributed by atoms with Crippen molar-refractivity contribution < 1.29 is 13.2 Å². The number of benzene rings is 2. The average molecular weight is 479 g/mol. The molecule has 3 aromatic rings. The number of amides is 1. The summed E-state index contributed by atoms with van der Waals surface area (Å²) in [7, 11) is -3.89. The zero-order chi connectivity index (χ0) is 24.0. The summed E-state index contributed by atoms with van der Waals surface area (Å²) in [5.41, 5.74) is 0. The summed E-state index contributed by atoms with van der Waals surface area (Å²) in [5, 5.41) is 1.79. The molecule has 0 saturated carbocycles. The van der Waals surface area contributed by atoms with Crippen LogP contribution in [0.5, 0.6) is 0 Å². The summed E-state index contributed by atoms with van der Waals surface area (Å²) in [5.74, 6) is 0.969. The Morgan fingerprint density at radius 3 is 2.59 bits per heavy atom. The van der Waals surface area contributed by atoms with Gasteiger partial charge in [-0.25, -0.2) is 18.4 Å². The number of nitrogens with one attached hydrogen (secondary N) is 1. The first-order valence-corrected chi connectivity index (χ1v) is 13.1. The van der Waals surface area contributed by atoms with Gasteiger partial charge in [0.1, 0.15) is 6.04 Å². The van der Waals surface area contributed by atoms with Crippen molar-refractivity contribution in [2.75, 3.05) is 13.1 Å². The highest BCUT2D eigenvalue weighted by Crippen LogP contribution is 2.21. The summed E-state index contributed by atoms with van der Waals surface area (Å²) in [6, 6.07) is 17.2. The largest absolute Gasteiger partial charge is 0.341 e. The van der Waals surface area contributed by atoms with Crippen molar-refractivity contribution in [1.29, 1.82) is 0 Å². The number of carbonyl (C=O) groups is 1. The lowest BCUT2D eigenvalue weighted by molar-refractivity contribution is -0.134. The Labute approximate surface area is 201 Å². The van der Waals surface area contributed by atoms with Gasteiger partial charge in [0.05, 0.1) is 4.90 Å². The number of likely N-dealkylation sites (tertiary alicyclic amines) is 1. The molecule has 0 radical (unpaired) electrons. The van der Waals surface area contributed by atoms with E-state index >= 15 is 0 Å². The van der Waals surface area contributed by atoms with Gasteiger partial charge in [0.15, 0.2) is 5.82 Å². The second-order valence-corrected chi connectivity index (χ2v) is 10.5. The van der Waals surface area contributed by atoms with Gasteiger partial charge in [-0.1, -0.05) is 43.3 Å². The molecule has 0 unspecified atom stereocenters. The van der Waals surface area contributed by atoms with Crippen LogP contribution in [0.15, 0.2) is 76.7 Å². The van der Waals surface area contributed by atoms with Crippen LogP contribution in [0.3, 0.4) is 0 Å². The number of aliphatic imine (C=N–C) groups is 1. The fourth-order valence-corrected chi connectivity index (χ4v) is 5.36. The number of pyridine rings is 1. The maximum Gasteiger partial charge on any atom is 0.241 e. The molecule has 1 atom stereocenters. The second kappa shape index (κ2) is 10.9. The summed E-state index contributed by atoms with van der Waals surface area (Å²) >= 11 is 0. The highest BCUT2D eigenvalue weighted by molar-refractivity contribution is 7.89. The molecule has 8 heteroatoms. The molecule has 1 N–H and O–H groups in total. The van der Waals surface area contributed by atoms with Crippen molar-refractivity contribution in [1.82, 2.24) is 14.6 Å². The minimum atomic E-state index is -3.89. The van der Waals surface area contributed by atoms with Crippen molar-refractivity contribution in [3.05, 3.63) is 66.9 Å². The Bertz CT molecular complexity index is 1250. The quantitative estimate of drug-likeness (QED) is 0.488. The van der Waals surface area contributed by atoms with Gasteiger partial charge in [-0.3, -0.25) is 4.79 Å². The third kappa shape index (κ3) is 6.07. The van der Waals surface area contributed by atoms with E-state index in [0.717, 1.165) is 23.6 Å². The number of nitrogens with zero attached hydrogens (tertiary/aromatic N) is 3. The maximum atomic E-state index is 13.3. The second-order valence-electron chi connectivity index (χ2n) is 8.77. The van der Waals surface area contributed by atoms with E-state index in [1.54, 1.807) is 41.6 Å². The molecule has 34 heavy (non-hydrogen) atoms. The Balaban J connectivity index is 1.51. The van der Waals surface area contributed by atoms with Crippen LogP contribution in [0.2, 0.25) is 0 Å². The number of hydrogen-bond acceptors (Lipinski definition) is 5. The molecule has 0 bridgehead atoms. The average Bonchev–Trinajstić information content (AvgIpc) is 2.86. The topological polar surface area (TPSA) is 91.7 Å². The van der Waals surface area contributed by atoms with Crippen LogP contribution in [-0.2, 0) is 14.8 Å². The van der Waals surface area contributed by atoms with E-state index in [-0.39, 0.29) is 10.8 Å². The first-order valence-electron chi connectivity index (χ1n) is 11.7. The third-order valence-corrected chi connectivity index (χ3v) is 7.65. The molecule has 1 aliphatic heterocycles. The van der Waals surface area contributed by atoms with Crippen LogP contribution in [0.25, 0.3) is 10.8 Å². The van der Waals surface area contributed by atoms with E-state index < -0.39 is 16.1 Å². The monoisotopic (exact) mass is 478 g/mol. The van der Waals surface area contributed by atoms with Crippen LogP contribution < -0.4 is 4.72 Å². The Morgan fingerprint density at radius 1 is 1.12 bits per heavy atom. The molecule has 0 spiro atoms. The number of carbonyl (C=O) groups excluding carboxylic acids is 1. The Morgan fingerprint density at radius 2 is 1.85 bits per heavy atom. The molecule has 1 amide bonds. The van der Waals surface area contributed by atoms with E-state index in [9.17, 15) is 13.2 Å². The lowest BCUT2D eigenvalue weighted by atomic mass is 9.98. The van der Waals surface area contributed by atoms with Crippen LogP contribution in [-0.4, -0.2) is 49.6 Å². The minimum absolute atomic E-state index is 0.151. The van der Waals surface area contributed by atoms with Crippen LogP contribution in [0.1, 0.15) is 32.6 Å². The molecule has 178 valence electrons. The predicted octanol–water partition coefficient (Wildman–Crippen LogP) is 4.32. The number of piperidine rings is 1. The van der Waals surface area contributed by atoms with Gasteiger partial charge in [-0.15, -0.1) is 0 Å². The first kappa shape index (κ1) is 24.0. The van der Waals surface area contributed by atoms with Crippen molar-refractivity contribution >= 4 is 38.7 Å². The highest BCUT2D eigenvalue weighted by Gasteiger charge is 2.30. The SMILES string of the molecule is CC1CCN(C(=O)[C@H](CC/C=N/c2ccccn2)NS(=O)(=O)c2ccc3ccccc3c2)CC1. The molecule has 1 aromatic heterocycles. The first-order chi connectivity index (χ1) is 16.4. The number of hydrogen-bond donors (Lipinski definition) is 1. The summed E-state index contributed by atoms with van der Waals surface area (Å²) in [6.45, 7) is 3.47. The van der Waals surface area contributed by atoms with E-state index in [4.69, 9.17) is 0 Å². The fraction of sp³-hybridized carbons (Fsp3) is 0.346. The van der Waals surface area contributed by atoms with Crippen LogP contribution >= 0.6 is 0 Å². The summed E-state index contributed by atoms with van der Waals surface area (Å²) < 4.78 is 29.2. The van der Waals surface area contributed by atoms with Crippen LogP contribution in [0, 0.1) is 5.92 Å². The lowest BCUT2D eigenvalue weighted by Crippen LogP contribution is -2.50. The fourth-order valence-electron chi connectivity index (χ4n) is 4.10. The van der Waals surface area contributed by atoms with Gasteiger partial charge in [0.2, 0.25) is 15.9 Å². The normalized spacial score (nSPS) is 16.2. The molecule has 0 aliphatic carbocycles. The molecule has 2 heterocycles. The molecular weight excluding hydrogens is 448 g/mol. The molecule has 2 aromatic carbocycles.